The monoisotopic (exact) mass is 256 g/mol. The number of carbonyl (C=O) groups is 2. The largest absolute Gasteiger partial charge is 0.465 e. The lowest BCUT2D eigenvalue weighted by Crippen LogP contribution is -2.45. The molecule has 0 heterocycles. The predicted molar refractivity (Wildman–Crippen MR) is 68.8 cm³/mol. The Hall–Kier alpha value is -1.10. The van der Waals surface area contributed by atoms with Gasteiger partial charge in [-0.3, -0.25) is 9.59 Å². The highest BCUT2D eigenvalue weighted by molar-refractivity contribution is 5.88. The number of carbonyl (C=O) groups excluding carboxylic acids is 2. The Kier molecular flexibility index (Phi) is 5.14. The zero-order valence-electron chi connectivity index (χ0n) is 11.6. The van der Waals surface area contributed by atoms with Gasteiger partial charge in [0.25, 0.3) is 0 Å². The third-order valence-corrected chi connectivity index (χ3v) is 3.20. The van der Waals surface area contributed by atoms with Crippen LogP contribution in [0.5, 0.6) is 0 Å². The third kappa shape index (κ3) is 3.70. The highest BCUT2D eigenvalue weighted by Gasteiger charge is 2.50. The first-order valence-electron chi connectivity index (χ1n) is 6.60. The van der Waals surface area contributed by atoms with E-state index in [4.69, 9.17) is 10.5 Å². The Morgan fingerprint density at radius 3 is 2.39 bits per heavy atom. The van der Waals surface area contributed by atoms with Gasteiger partial charge in [-0.15, -0.1) is 0 Å². The minimum absolute atomic E-state index is 0.00625. The van der Waals surface area contributed by atoms with E-state index in [-0.39, 0.29) is 18.4 Å². The first-order valence-corrected chi connectivity index (χ1v) is 6.60. The summed E-state index contributed by atoms with van der Waals surface area (Å²) in [6.45, 7) is 7.11. The topological polar surface area (TPSA) is 72.6 Å². The van der Waals surface area contributed by atoms with Crippen LogP contribution in [0.15, 0.2) is 0 Å². The average molecular weight is 256 g/mol. The molecular weight excluding hydrogens is 232 g/mol. The van der Waals surface area contributed by atoms with E-state index in [1.807, 2.05) is 13.8 Å². The zero-order valence-corrected chi connectivity index (χ0v) is 11.6. The van der Waals surface area contributed by atoms with Crippen molar-refractivity contribution in [2.45, 2.75) is 33.6 Å². The van der Waals surface area contributed by atoms with Crippen LogP contribution in [0.1, 0.15) is 33.6 Å². The van der Waals surface area contributed by atoms with Crippen LogP contribution in [0, 0.1) is 11.3 Å². The summed E-state index contributed by atoms with van der Waals surface area (Å²) >= 11 is 0. The number of hydrogen-bond donors (Lipinski definition) is 1. The van der Waals surface area contributed by atoms with Crippen LogP contribution >= 0.6 is 0 Å². The van der Waals surface area contributed by atoms with Gasteiger partial charge in [0.05, 0.1) is 12.0 Å². The minimum Gasteiger partial charge on any atom is -0.465 e. The molecule has 0 bridgehead atoms. The summed E-state index contributed by atoms with van der Waals surface area (Å²) in [5.74, 6) is -0.0250. The van der Waals surface area contributed by atoms with Gasteiger partial charge in [0.15, 0.2) is 0 Å². The fraction of sp³-hybridized carbons (Fsp3) is 0.846. The number of nitrogens with two attached hydrogens (primary N) is 1. The second-order valence-corrected chi connectivity index (χ2v) is 5.37. The molecule has 1 saturated carbocycles. The van der Waals surface area contributed by atoms with Gasteiger partial charge < -0.3 is 15.4 Å². The number of amides is 1. The summed E-state index contributed by atoms with van der Waals surface area (Å²) in [6, 6.07) is 0. The molecule has 1 fully saturated rings. The highest BCUT2D eigenvalue weighted by Crippen LogP contribution is 2.46. The van der Waals surface area contributed by atoms with Gasteiger partial charge in [0.1, 0.15) is 6.54 Å². The SMILES string of the molecule is CCOC(=O)CN(CC(C)C)C(=O)C1(CN)CC1. The molecule has 1 amide bonds. The van der Waals surface area contributed by atoms with E-state index in [1.54, 1.807) is 11.8 Å². The van der Waals surface area contributed by atoms with Crippen molar-refractivity contribution >= 4 is 11.9 Å². The first kappa shape index (κ1) is 15.0. The molecule has 5 nitrogen and oxygen atoms in total. The van der Waals surface area contributed by atoms with Crippen molar-refractivity contribution in [2.75, 3.05) is 26.2 Å². The maximum absolute atomic E-state index is 12.4. The lowest BCUT2D eigenvalue weighted by molar-refractivity contribution is -0.151. The Labute approximate surface area is 109 Å². The number of esters is 1. The molecule has 0 spiro atoms. The van der Waals surface area contributed by atoms with Crippen molar-refractivity contribution in [2.24, 2.45) is 17.1 Å². The van der Waals surface area contributed by atoms with E-state index in [0.717, 1.165) is 12.8 Å². The van der Waals surface area contributed by atoms with Gasteiger partial charge >= 0.3 is 5.97 Å². The quantitative estimate of drug-likeness (QED) is 0.683. The van der Waals surface area contributed by atoms with Crippen molar-refractivity contribution < 1.29 is 14.3 Å². The smallest absolute Gasteiger partial charge is 0.325 e. The van der Waals surface area contributed by atoms with E-state index < -0.39 is 5.41 Å². The molecule has 1 aliphatic carbocycles. The maximum atomic E-state index is 12.4. The standard InChI is InChI=1S/C13H24N2O3/c1-4-18-11(16)8-15(7-10(2)3)12(17)13(9-14)5-6-13/h10H,4-9,14H2,1-3H3. The van der Waals surface area contributed by atoms with E-state index >= 15 is 0 Å². The maximum Gasteiger partial charge on any atom is 0.325 e. The van der Waals surface area contributed by atoms with Crippen LogP contribution in [-0.2, 0) is 14.3 Å². The van der Waals surface area contributed by atoms with Gasteiger partial charge in [0, 0.05) is 13.1 Å². The van der Waals surface area contributed by atoms with Gasteiger partial charge in [0.2, 0.25) is 5.91 Å². The molecule has 0 radical (unpaired) electrons. The fourth-order valence-electron chi connectivity index (χ4n) is 2.01. The molecule has 5 heteroatoms. The lowest BCUT2D eigenvalue weighted by Gasteiger charge is -2.27. The summed E-state index contributed by atoms with van der Waals surface area (Å²) in [6.07, 6.45) is 1.67. The summed E-state index contributed by atoms with van der Waals surface area (Å²) in [5, 5.41) is 0. The molecule has 1 rings (SSSR count). The summed E-state index contributed by atoms with van der Waals surface area (Å²) in [7, 11) is 0. The molecule has 0 atom stereocenters. The van der Waals surface area contributed by atoms with Crippen molar-refractivity contribution in [3.63, 3.8) is 0 Å². The van der Waals surface area contributed by atoms with E-state index in [9.17, 15) is 9.59 Å². The molecule has 0 unspecified atom stereocenters. The van der Waals surface area contributed by atoms with E-state index in [0.29, 0.717) is 25.6 Å². The zero-order chi connectivity index (χ0) is 13.8. The van der Waals surface area contributed by atoms with Crippen molar-refractivity contribution in [1.82, 2.24) is 4.90 Å². The second-order valence-electron chi connectivity index (χ2n) is 5.37. The fourth-order valence-corrected chi connectivity index (χ4v) is 2.01. The van der Waals surface area contributed by atoms with Gasteiger partial charge in [-0.2, -0.15) is 0 Å². The third-order valence-electron chi connectivity index (χ3n) is 3.20. The number of hydrogen-bond acceptors (Lipinski definition) is 4. The molecule has 0 saturated heterocycles. The highest BCUT2D eigenvalue weighted by atomic mass is 16.5. The number of rotatable bonds is 7. The van der Waals surface area contributed by atoms with Gasteiger partial charge in [-0.05, 0) is 25.7 Å². The number of ether oxygens (including phenoxy) is 1. The van der Waals surface area contributed by atoms with Crippen molar-refractivity contribution in [1.29, 1.82) is 0 Å². The predicted octanol–water partition coefficient (Wildman–Crippen LogP) is 0.773. The molecular formula is C13H24N2O3. The molecule has 18 heavy (non-hydrogen) atoms. The molecule has 0 aliphatic heterocycles. The Morgan fingerprint density at radius 1 is 1.39 bits per heavy atom. The van der Waals surface area contributed by atoms with Gasteiger partial charge in [-0.25, -0.2) is 0 Å². The van der Waals surface area contributed by atoms with Gasteiger partial charge in [-0.1, -0.05) is 13.8 Å². The summed E-state index contributed by atoms with van der Waals surface area (Å²) in [5.41, 5.74) is 5.26. The van der Waals surface area contributed by atoms with Crippen molar-refractivity contribution in [3.05, 3.63) is 0 Å². The molecule has 2 N–H and O–H groups in total. The van der Waals surface area contributed by atoms with Crippen LogP contribution < -0.4 is 5.73 Å². The Balaban J connectivity index is 2.66. The number of nitrogens with zero attached hydrogens (tertiary/aromatic N) is 1. The molecule has 104 valence electrons. The first-order chi connectivity index (χ1) is 8.45. The average Bonchev–Trinajstić information content (AvgIpc) is 3.07. The van der Waals surface area contributed by atoms with Crippen LogP contribution in [0.3, 0.4) is 0 Å². The van der Waals surface area contributed by atoms with E-state index in [1.165, 1.54) is 0 Å². The molecule has 1 aliphatic rings. The minimum atomic E-state index is -0.401. The molecule has 0 aromatic heterocycles. The van der Waals surface area contributed by atoms with Crippen molar-refractivity contribution in [3.8, 4) is 0 Å². The Bertz CT molecular complexity index is 311. The lowest BCUT2D eigenvalue weighted by atomic mass is 10.0. The molecule has 0 aromatic carbocycles. The second kappa shape index (κ2) is 6.18. The normalized spacial score (nSPS) is 16.5. The Morgan fingerprint density at radius 2 is 2.00 bits per heavy atom. The van der Waals surface area contributed by atoms with E-state index in [2.05, 4.69) is 0 Å². The summed E-state index contributed by atoms with van der Waals surface area (Å²) < 4.78 is 4.91. The van der Waals surface area contributed by atoms with Crippen LogP contribution in [-0.4, -0.2) is 43.0 Å². The van der Waals surface area contributed by atoms with Crippen LogP contribution in [0.4, 0.5) is 0 Å². The molecule has 0 aromatic rings. The van der Waals surface area contributed by atoms with Crippen LogP contribution in [0.25, 0.3) is 0 Å². The summed E-state index contributed by atoms with van der Waals surface area (Å²) in [4.78, 5) is 25.5. The van der Waals surface area contributed by atoms with Crippen LogP contribution in [0.2, 0.25) is 0 Å².